The molecule has 2 saturated carbocycles. The molecule has 0 saturated heterocycles. The molecule has 7 heteroatoms. The van der Waals surface area contributed by atoms with Crippen molar-refractivity contribution < 1.29 is 24.2 Å². The van der Waals surface area contributed by atoms with Crippen molar-refractivity contribution in [2.75, 3.05) is 6.61 Å². The van der Waals surface area contributed by atoms with E-state index in [9.17, 15) is 19.5 Å². The molecule has 2 fully saturated rings. The lowest BCUT2D eigenvalue weighted by molar-refractivity contribution is -0.147. The van der Waals surface area contributed by atoms with Gasteiger partial charge in [-0.05, 0) is 60.3 Å². The monoisotopic (exact) mass is 476 g/mol. The number of hydrogen-bond donors (Lipinski definition) is 3. The molecule has 0 aliphatic heterocycles. The fraction of sp³-hybridized carbons (Fsp3) is 0.464. The zero-order chi connectivity index (χ0) is 24.4. The fourth-order valence-corrected chi connectivity index (χ4v) is 6.15. The van der Waals surface area contributed by atoms with Crippen LogP contribution in [0.3, 0.4) is 0 Å². The Balaban J connectivity index is 1.11. The number of carbonyl (C=O) groups excluding carboxylic acids is 2. The van der Waals surface area contributed by atoms with Gasteiger partial charge < -0.3 is 20.5 Å². The predicted molar refractivity (Wildman–Crippen MR) is 131 cm³/mol. The number of amides is 2. The van der Waals surface area contributed by atoms with Crippen LogP contribution in [0.25, 0.3) is 11.1 Å². The Morgan fingerprint density at radius 2 is 1.57 bits per heavy atom. The number of carboxylic acid groups (broad SMARTS) is 1. The highest BCUT2D eigenvalue weighted by Gasteiger charge is 2.43. The second-order valence-corrected chi connectivity index (χ2v) is 10.2. The minimum atomic E-state index is -1.10. The molecule has 184 valence electrons. The van der Waals surface area contributed by atoms with E-state index < -0.39 is 17.6 Å². The molecule has 3 aliphatic rings. The molecule has 0 aromatic heterocycles. The van der Waals surface area contributed by atoms with Crippen molar-refractivity contribution in [1.82, 2.24) is 10.6 Å². The van der Waals surface area contributed by atoms with E-state index >= 15 is 0 Å². The van der Waals surface area contributed by atoms with Crippen LogP contribution in [0.2, 0.25) is 0 Å². The lowest BCUT2D eigenvalue weighted by atomic mass is 9.96. The molecule has 3 N–H and O–H groups in total. The molecule has 0 spiro atoms. The van der Waals surface area contributed by atoms with Crippen LogP contribution < -0.4 is 10.6 Å². The van der Waals surface area contributed by atoms with Gasteiger partial charge >= 0.3 is 12.1 Å². The zero-order valence-electron chi connectivity index (χ0n) is 19.8. The van der Waals surface area contributed by atoms with Gasteiger partial charge in [-0.15, -0.1) is 0 Å². The molecule has 0 radical (unpaired) electrons. The standard InChI is InChI=1S/C28H32N2O5/c31-25(30-28(26(32)33)13-5-6-14-28)16-18-11-12-19(15-18)29-27(34)35-17-24-22-9-3-1-7-20(22)21-8-2-4-10-23(21)24/h1-4,7-10,18-19,24H,5-6,11-17H2,(H,29,34)(H,30,31)(H,32,33). The Kier molecular flexibility index (Phi) is 6.50. The molecule has 2 aromatic rings. The van der Waals surface area contributed by atoms with Crippen molar-refractivity contribution in [3.05, 3.63) is 59.7 Å². The van der Waals surface area contributed by atoms with Gasteiger partial charge in [0.15, 0.2) is 0 Å². The summed E-state index contributed by atoms with van der Waals surface area (Å²) in [5, 5.41) is 15.3. The summed E-state index contributed by atoms with van der Waals surface area (Å²) in [5.74, 6) is -1.00. The van der Waals surface area contributed by atoms with Crippen molar-refractivity contribution in [3.63, 3.8) is 0 Å². The molecule has 3 aliphatic carbocycles. The lowest BCUT2D eigenvalue weighted by Gasteiger charge is -2.26. The first-order valence-corrected chi connectivity index (χ1v) is 12.6. The van der Waals surface area contributed by atoms with Crippen molar-refractivity contribution in [1.29, 1.82) is 0 Å². The third-order valence-corrected chi connectivity index (χ3v) is 7.93. The predicted octanol–water partition coefficient (Wildman–Crippen LogP) is 4.60. The van der Waals surface area contributed by atoms with E-state index in [0.717, 1.165) is 25.7 Å². The molecule has 2 aromatic carbocycles. The molecular formula is C28H32N2O5. The third-order valence-electron chi connectivity index (χ3n) is 7.93. The van der Waals surface area contributed by atoms with Crippen LogP contribution in [0.5, 0.6) is 0 Å². The topological polar surface area (TPSA) is 105 Å². The molecule has 2 atom stereocenters. The smallest absolute Gasteiger partial charge is 0.407 e. The number of aliphatic carboxylic acids is 1. The van der Waals surface area contributed by atoms with Crippen LogP contribution in [-0.4, -0.2) is 41.3 Å². The van der Waals surface area contributed by atoms with Gasteiger partial charge in [-0.1, -0.05) is 61.4 Å². The van der Waals surface area contributed by atoms with Crippen LogP contribution in [0.4, 0.5) is 4.79 Å². The Hall–Kier alpha value is -3.35. The second kappa shape index (κ2) is 9.72. The van der Waals surface area contributed by atoms with Crippen LogP contribution in [0.15, 0.2) is 48.5 Å². The van der Waals surface area contributed by atoms with Gasteiger partial charge in [0.25, 0.3) is 0 Å². The largest absolute Gasteiger partial charge is 0.480 e. The fourth-order valence-electron chi connectivity index (χ4n) is 6.15. The number of alkyl carbamates (subject to hydrolysis) is 1. The summed E-state index contributed by atoms with van der Waals surface area (Å²) in [5.41, 5.74) is 3.63. The number of rotatable bonds is 7. The number of hydrogen-bond acceptors (Lipinski definition) is 4. The van der Waals surface area contributed by atoms with E-state index in [4.69, 9.17) is 4.74 Å². The van der Waals surface area contributed by atoms with Gasteiger partial charge in [-0.25, -0.2) is 9.59 Å². The number of benzene rings is 2. The normalized spacial score (nSPS) is 22.3. The molecule has 0 bridgehead atoms. The maximum atomic E-state index is 12.6. The lowest BCUT2D eigenvalue weighted by Crippen LogP contribution is -2.52. The Morgan fingerprint density at radius 1 is 0.943 bits per heavy atom. The van der Waals surface area contributed by atoms with Crippen LogP contribution in [0, 0.1) is 5.92 Å². The summed E-state index contributed by atoms with van der Waals surface area (Å²) in [6.45, 7) is 0.273. The summed E-state index contributed by atoms with van der Waals surface area (Å²) in [4.78, 5) is 36.8. The SMILES string of the molecule is O=C(CC1CCC(NC(=O)OCC2c3ccccc3-c3ccccc32)C1)NC1(C(=O)O)CCCC1. The number of fused-ring (bicyclic) bond motifs is 3. The number of ether oxygens (including phenoxy) is 1. The Morgan fingerprint density at radius 3 is 2.20 bits per heavy atom. The molecule has 2 amide bonds. The first kappa shape index (κ1) is 23.4. The van der Waals surface area contributed by atoms with E-state index in [-0.39, 0.29) is 36.8 Å². The van der Waals surface area contributed by atoms with Gasteiger partial charge in [0, 0.05) is 18.4 Å². The number of nitrogens with one attached hydrogen (secondary N) is 2. The summed E-state index contributed by atoms with van der Waals surface area (Å²) >= 11 is 0. The molecule has 35 heavy (non-hydrogen) atoms. The molecule has 5 rings (SSSR count). The molecular weight excluding hydrogens is 444 g/mol. The molecule has 2 unspecified atom stereocenters. The highest BCUT2D eigenvalue weighted by Crippen LogP contribution is 2.44. The second-order valence-electron chi connectivity index (χ2n) is 10.2. The highest BCUT2D eigenvalue weighted by atomic mass is 16.5. The van der Waals surface area contributed by atoms with Gasteiger partial charge in [-0.2, -0.15) is 0 Å². The minimum Gasteiger partial charge on any atom is -0.480 e. The van der Waals surface area contributed by atoms with E-state index in [1.54, 1.807) is 0 Å². The summed E-state index contributed by atoms with van der Waals surface area (Å²) in [6.07, 6.45) is 4.78. The molecule has 7 nitrogen and oxygen atoms in total. The van der Waals surface area contributed by atoms with Gasteiger partial charge in [-0.3, -0.25) is 4.79 Å². The first-order chi connectivity index (χ1) is 16.9. The van der Waals surface area contributed by atoms with Crippen molar-refractivity contribution in [2.45, 2.75) is 68.9 Å². The van der Waals surface area contributed by atoms with Crippen molar-refractivity contribution in [3.8, 4) is 11.1 Å². The summed E-state index contributed by atoms with van der Waals surface area (Å²) < 4.78 is 5.65. The maximum Gasteiger partial charge on any atom is 0.407 e. The first-order valence-electron chi connectivity index (χ1n) is 12.6. The molecule has 0 heterocycles. The average molecular weight is 477 g/mol. The minimum absolute atomic E-state index is 0.0188. The zero-order valence-corrected chi connectivity index (χ0v) is 19.8. The van der Waals surface area contributed by atoms with E-state index in [0.29, 0.717) is 19.3 Å². The third kappa shape index (κ3) is 4.77. The Labute approximate surface area is 205 Å². The maximum absolute atomic E-state index is 12.6. The number of carboxylic acids is 1. The Bertz CT molecular complexity index is 1080. The van der Waals surface area contributed by atoms with E-state index in [1.807, 2.05) is 24.3 Å². The summed E-state index contributed by atoms with van der Waals surface area (Å²) in [7, 11) is 0. The van der Waals surface area contributed by atoms with Crippen molar-refractivity contribution >= 4 is 18.0 Å². The van der Waals surface area contributed by atoms with Gasteiger partial charge in [0.05, 0.1) is 0 Å². The van der Waals surface area contributed by atoms with Gasteiger partial charge in [0.1, 0.15) is 12.1 Å². The van der Waals surface area contributed by atoms with Crippen molar-refractivity contribution in [2.24, 2.45) is 5.92 Å². The van der Waals surface area contributed by atoms with Crippen LogP contribution in [-0.2, 0) is 14.3 Å². The number of carbonyl (C=O) groups is 3. The highest BCUT2D eigenvalue weighted by molar-refractivity contribution is 5.87. The van der Waals surface area contributed by atoms with Crippen LogP contribution in [0.1, 0.15) is 68.4 Å². The van der Waals surface area contributed by atoms with Crippen LogP contribution >= 0.6 is 0 Å². The quantitative estimate of drug-likeness (QED) is 0.542. The van der Waals surface area contributed by atoms with E-state index in [2.05, 4.69) is 34.9 Å². The van der Waals surface area contributed by atoms with Gasteiger partial charge in [0.2, 0.25) is 5.91 Å². The van der Waals surface area contributed by atoms with E-state index in [1.165, 1.54) is 22.3 Å². The average Bonchev–Trinajstić information content (AvgIpc) is 3.56. The summed E-state index contributed by atoms with van der Waals surface area (Å²) in [6, 6.07) is 16.4.